The molecule has 0 N–H and O–H groups in total. The molecule has 4 nitrogen and oxygen atoms in total. The predicted octanol–water partition coefficient (Wildman–Crippen LogP) is 3.64. The molecule has 0 spiro atoms. The minimum atomic E-state index is 0.0654. The van der Waals surface area contributed by atoms with Crippen LogP contribution in [0.4, 0.5) is 0 Å². The average molecular weight is 318 g/mol. The molecule has 0 bridgehead atoms. The van der Waals surface area contributed by atoms with Crippen LogP contribution in [0, 0.1) is 0 Å². The fourth-order valence-corrected chi connectivity index (χ4v) is 3.88. The second-order valence-corrected chi connectivity index (χ2v) is 6.82. The Hall–Kier alpha value is -1.79. The number of thiazole rings is 1. The average Bonchev–Trinajstić information content (AvgIpc) is 3.13. The fourth-order valence-electron chi connectivity index (χ4n) is 1.87. The van der Waals surface area contributed by atoms with Crippen LogP contribution >= 0.6 is 23.1 Å². The summed E-state index contributed by atoms with van der Waals surface area (Å²) in [5, 5.41) is 0. The number of hydrogen-bond donors (Lipinski definition) is 0. The van der Waals surface area contributed by atoms with Gasteiger partial charge in [0.05, 0.1) is 28.8 Å². The lowest BCUT2D eigenvalue weighted by Gasteiger charge is -2.14. The lowest BCUT2D eigenvalue weighted by atomic mass is 10.3. The smallest absolute Gasteiger partial charge is 0.233 e. The first-order chi connectivity index (χ1) is 10.2. The van der Waals surface area contributed by atoms with E-state index in [9.17, 15) is 4.79 Å². The highest BCUT2D eigenvalue weighted by Gasteiger charge is 2.12. The van der Waals surface area contributed by atoms with Gasteiger partial charge in [0.25, 0.3) is 0 Å². The highest BCUT2D eigenvalue weighted by atomic mass is 32.2. The van der Waals surface area contributed by atoms with Gasteiger partial charge in [0.1, 0.15) is 5.76 Å². The number of amides is 1. The number of benzene rings is 1. The molecule has 0 atom stereocenters. The number of furan rings is 1. The number of rotatable bonds is 5. The van der Waals surface area contributed by atoms with Crippen molar-refractivity contribution in [3.05, 3.63) is 48.4 Å². The number of aromatic nitrogens is 1. The highest BCUT2D eigenvalue weighted by molar-refractivity contribution is 8.01. The van der Waals surface area contributed by atoms with Gasteiger partial charge in [-0.05, 0) is 24.3 Å². The van der Waals surface area contributed by atoms with Crippen molar-refractivity contribution in [2.24, 2.45) is 0 Å². The van der Waals surface area contributed by atoms with Gasteiger partial charge in [-0.3, -0.25) is 4.79 Å². The van der Waals surface area contributed by atoms with Gasteiger partial charge < -0.3 is 9.32 Å². The van der Waals surface area contributed by atoms with Crippen molar-refractivity contribution in [2.75, 3.05) is 12.8 Å². The van der Waals surface area contributed by atoms with Crippen LogP contribution in [0.1, 0.15) is 5.76 Å². The second-order valence-electron chi connectivity index (χ2n) is 4.57. The van der Waals surface area contributed by atoms with Crippen LogP contribution in [0.25, 0.3) is 10.2 Å². The number of nitrogens with zero attached hydrogens (tertiary/aromatic N) is 2. The Bertz CT molecular complexity index is 704. The summed E-state index contributed by atoms with van der Waals surface area (Å²) in [4.78, 5) is 18.3. The van der Waals surface area contributed by atoms with Crippen LogP contribution in [-0.4, -0.2) is 28.6 Å². The number of carbonyl (C=O) groups is 1. The Balaban J connectivity index is 1.57. The van der Waals surface area contributed by atoms with Crippen molar-refractivity contribution in [3.63, 3.8) is 0 Å². The topological polar surface area (TPSA) is 46.3 Å². The molecule has 0 saturated carbocycles. The van der Waals surface area contributed by atoms with Gasteiger partial charge in [0.2, 0.25) is 5.91 Å². The Kier molecular flexibility index (Phi) is 4.26. The highest BCUT2D eigenvalue weighted by Crippen LogP contribution is 2.29. The van der Waals surface area contributed by atoms with Crippen LogP contribution in [0.15, 0.2) is 51.4 Å². The van der Waals surface area contributed by atoms with Gasteiger partial charge in [-0.2, -0.15) is 0 Å². The molecular formula is C15H14N2O2S2. The molecule has 3 rings (SSSR count). The molecule has 3 aromatic rings. The van der Waals surface area contributed by atoms with E-state index in [-0.39, 0.29) is 5.91 Å². The zero-order valence-corrected chi connectivity index (χ0v) is 13.1. The summed E-state index contributed by atoms with van der Waals surface area (Å²) in [5.74, 6) is 1.24. The largest absolute Gasteiger partial charge is 0.467 e. The van der Waals surface area contributed by atoms with Crippen LogP contribution in [-0.2, 0) is 11.3 Å². The molecule has 0 unspecified atom stereocenters. The molecule has 21 heavy (non-hydrogen) atoms. The maximum Gasteiger partial charge on any atom is 0.233 e. The third-order valence-corrected chi connectivity index (χ3v) is 5.16. The predicted molar refractivity (Wildman–Crippen MR) is 85.5 cm³/mol. The van der Waals surface area contributed by atoms with E-state index in [1.165, 1.54) is 11.8 Å². The summed E-state index contributed by atoms with van der Waals surface area (Å²) in [7, 11) is 1.78. The van der Waals surface area contributed by atoms with Gasteiger partial charge in [-0.25, -0.2) is 4.98 Å². The molecule has 0 aliphatic carbocycles. The van der Waals surface area contributed by atoms with Crippen molar-refractivity contribution in [2.45, 2.75) is 10.9 Å². The van der Waals surface area contributed by atoms with Crippen molar-refractivity contribution in [1.82, 2.24) is 9.88 Å². The van der Waals surface area contributed by atoms with E-state index >= 15 is 0 Å². The Morgan fingerprint density at radius 2 is 2.19 bits per heavy atom. The molecule has 2 aromatic heterocycles. The molecule has 0 saturated heterocycles. The van der Waals surface area contributed by atoms with Crippen LogP contribution in [0.2, 0.25) is 0 Å². The zero-order valence-electron chi connectivity index (χ0n) is 11.5. The first-order valence-corrected chi connectivity index (χ1v) is 8.27. The van der Waals surface area contributed by atoms with E-state index in [2.05, 4.69) is 4.98 Å². The van der Waals surface area contributed by atoms with Crippen LogP contribution in [0.3, 0.4) is 0 Å². The van der Waals surface area contributed by atoms with Gasteiger partial charge in [0.15, 0.2) is 4.34 Å². The number of carbonyl (C=O) groups excluding carboxylic acids is 1. The van der Waals surface area contributed by atoms with Crippen LogP contribution < -0.4 is 0 Å². The number of fused-ring (bicyclic) bond motifs is 1. The molecule has 0 fully saturated rings. The van der Waals surface area contributed by atoms with Crippen LogP contribution in [0.5, 0.6) is 0 Å². The monoisotopic (exact) mass is 318 g/mol. The molecular weight excluding hydrogens is 304 g/mol. The van der Waals surface area contributed by atoms with E-state index < -0.39 is 0 Å². The standard InChI is InChI=1S/C15H14N2O2S2/c1-17(9-11-5-4-8-19-11)14(18)10-20-15-16-12-6-2-3-7-13(12)21-15/h2-8H,9-10H2,1H3. The summed E-state index contributed by atoms with van der Waals surface area (Å²) >= 11 is 3.10. The Morgan fingerprint density at radius 3 is 2.95 bits per heavy atom. The third-order valence-electron chi connectivity index (χ3n) is 2.99. The minimum absolute atomic E-state index is 0.0654. The van der Waals surface area contributed by atoms with Gasteiger partial charge in [0, 0.05) is 7.05 Å². The second kappa shape index (κ2) is 6.32. The molecule has 1 aromatic carbocycles. The quantitative estimate of drug-likeness (QED) is 0.674. The summed E-state index contributed by atoms with van der Waals surface area (Å²) in [6.07, 6.45) is 1.61. The number of hydrogen-bond acceptors (Lipinski definition) is 5. The fraction of sp³-hybridized carbons (Fsp3) is 0.200. The Morgan fingerprint density at radius 1 is 1.33 bits per heavy atom. The number of thioether (sulfide) groups is 1. The first kappa shape index (κ1) is 14.2. The summed E-state index contributed by atoms with van der Waals surface area (Å²) in [6.45, 7) is 0.492. The molecule has 0 aliphatic rings. The SMILES string of the molecule is CN(Cc1ccco1)C(=O)CSc1nc2ccccc2s1. The molecule has 0 radical (unpaired) electrons. The van der Waals surface area contributed by atoms with Crippen molar-refractivity contribution in [1.29, 1.82) is 0 Å². The number of para-hydroxylation sites is 1. The molecule has 2 heterocycles. The van der Waals surface area contributed by atoms with E-state index in [0.717, 1.165) is 20.3 Å². The van der Waals surface area contributed by atoms with E-state index in [4.69, 9.17) is 4.42 Å². The molecule has 0 aliphatic heterocycles. The lowest BCUT2D eigenvalue weighted by Crippen LogP contribution is -2.27. The molecule has 6 heteroatoms. The Labute approximate surface area is 130 Å². The summed E-state index contributed by atoms with van der Waals surface area (Å²) < 4.78 is 7.32. The third kappa shape index (κ3) is 3.46. The van der Waals surface area contributed by atoms with Gasteiger partial charge in [-0.15, -0.1) is 11.3 Å². The normalized spacial score (nSPS) is 10.9. The van der Waals surface area contributed by atoms with E-state index in [0.29, 0.717) is 12.3 Å². The first-order valence-electron chi connectivity index (χ1n) is 6.47. The summed E-state index contributed by atoms with van der Waals surface area (Å²) in [5.41, 5.74) is 0.987. The van der Waals surface area contributed by atoms with E-state index in [1.54, 1.807) is 29.5 Å². The minimum Gasteiger partial charge on any atom is -0.467 e. The lowest BCUT2D eigenvalue weighted by molar-refractivity contribution is -0.127. The summed E-state index contributed by atoms with van der Waals surface area (Å²) in [6, 6.07) is 11.7. The van der Waals surface area contributed by atoms with Crippen molar-refractivity contribution >= 4 is 39.2 Å². The van der Waals surface area contributed by atoms with Crippen molar-refractivity contribution < 1.29 is 9.21 Å². The maximum atomic E-state index is 12.1. The zero-order chi connectivity index (χ0) is 14.7. The maximum absolute atomic E-state index is 12.1. The van der Waals surface area contributed by atoms with Crippen molar-refractivity contribution in [3.8, 4) is 0 Å². The van der Waals surface area contributed by atoms with Gasteiger partial charge in [-0.1, -0.05) is 23.9 Å². The molecule has 1 amide bonds. The van der Waals surface area contributed by atoms with Gasteiger partial charge >= 0.3 is 0 Å². The van der Waals surface area contributed by atoms with E-state index in [1.807, 2.05) is 36.4 Å². The molecule has 108 valence electrons.